The van der Waals surface area contributed by atoms with Gasteiger partial charge in [-0.15, -0.1) is 10.2 Å². The Morgan fingerprint density at radius 3 is 2.80 bits per heavy atom. The Labute approximate surface area is 149 Å². The largest absolute Gasteiger partial charge is 0.295 e. The van der Waals surface area contributed by atoms with Crippen LogP contribution in [0, 0.1) is 6.92 Å². The van der Waals surface area contributed by atoms with E-state index in [0.717, 1.165) is 22.7 Å². The summed E-state index contributed by atoms with van der Waals surface area (Å²) in [6.07, 6.45) is 4.17. The van der Waals surface area contributed by atoms with E-state index in [1.165, 1.54) is 11.3 Å². The van der Waals surface area contributed by atoms with Crippen LogP contribution in [0.25, 0.3) is 5.69 Å². The smallest absolute Gasteiger partial charge is 0.294 e. The molecule has 0 aliphatic rings. The van der Waals surface area contributed by atoms with Gasteiger partial charge in [-0.05, 0) is 25.0 Å². The van der Waals surface area contributed by atoms with E-state index in [1.807, 2.05) is 33.8 Å². The van der Waals surface area contributed by atoms with Gasteiger partial charge >= 0.3 is 0 Å². The number of rotatable bonds is 5. The predicted octanol–water partition coefficient (Wildman–Crippen LogP) is 2.76. The summed E-state index contributed by atoms with van der Waals surface area (Å²) in [7, 11) is 0. The number of aromatic nitrogens is 6. The molecule has 0 aliphatic heterocycles. The molecule has 0 saturated carbocycles. The second kappa shape index (κ2) is 7.06. The molecule has 0 radical (unpaired) electrons. The minimum Gasteiger partial charge on any atom is -0.294 e. The Bertz CT molecular complexity index is 900. The molecule has 130 valence electrons. The fourth-order valence-electron chi connectivity index (χ4n) is 2.19. The van der Waals surface area contributed by atoms with E-state index in [-0.39, 0.29) is 17.6 Å². The number of carbonyl (C=O) groups excluding carboxylic acids is 1. The standard InChI is InChI=1S/C16H19N7OS/c1-5-12-20-21-16(25-12)19-15(24)14-18-13(9(2)3)22-23(14)11-6-7-17-8-10(11)4/h6-9H,5H2,1-4H3,(H,19,21,24). The van der Waals surface area contributed by atoms with Gasteiger partial charge in [0, 0.05) is 18.3 Å². The molecule has 3 aromatic rings. The number of pyridine rings is 1. The quantitative estimate of drug-likeness (QED) is 0.754. The van der Waals surface area contributed by atoms with Crippen molar-refractivity contribution < 1.29 is 4.79 Å². The third kappa shape index (κ3) is 3.55. The molecule has 1 amide bonds. The molecule has 0 spiro atoms. The summed E-state index contributed by atoms with van der Waals surface area (Å²) in [4.78, 5) is 21.3. The molecular weight excluding hydrogens is 338 g/mol. The van der Waals surface area contributed by atoms with Gasteiger partial charge in [-0.25, -0.2) is 9.67 Å². The minimum absolute atomic E-state index is 0.100. The van der Waals surface area contributed by atoms with Crippen molar-refractivity contribution in [2.24, 2.45) is 0 Å². The normalized spacial score (nSPS) is 11.1. The van der Waals surface area contributed by atoms with Gasteiger partial charge < -0.3 is 0 Å². The summed E-state index contributed by atoms with van der Waals surface area (Å²) < 4.78 is 1.56. The maximum Gasteiger partial charge on any atom is 0.295 e. The van der Waals surface area contributed by atoms with Crippen LogP contribution < -0.4 is 5.32 Å². The van der Waals surface area contributed by atoms with E-state index in [0.29, 0.717) is 11.0 Å². The highest BCUT2D eigenvalue weighted by Crippen LogP contribution is 2.20. The second-order valence-corrected chi connectivity index (χ2v) is 6.89. The van der Waals surface area contributed by atoms with Crippen molar-refractivity contribution in [3.63, 3.8) is 0 Å². The number of carbonyl (C=O) groups is 1. The van der Waals surface area contributed by atoms with Crippen molar-refractivity contribution in [1.82, 2.24) is 29.9 Å². The van der Waals surface area contributed by atoms with Gasteiger partial charge in [-0.3, -0.25) is 15.1 Å². The van der Waals surface area contributed by atoms with Crippen LogP contribution in [-0.2, 0) is 6.42 Å². The lowest BCUT2D eigenvalue weighted by molar-refractivity contribution is 0.101. The second-order valence-electron chi connectivity index (χ2n) is 5.83. The van der Waals surface area contributed by atoms with E-state index in [2.05, 4.69) is 30.6 Å². The fourth-order valence-corrected chi connectivity index (χ4v) is 2.87. The molecule has 1 N–H and O–H groups in total. The lowest BCUT2D eigenvalue weighted by atomic mass is 10.2. The molecule has 3 aromatic heterocycles. The topological polar surface area (TPSA) is 98.5 Å². The van der Waals surface area contributed by atoms with Crippen LogP contribution in [0.1, 0.15) is 53.7 Å². The van der Waals surface area contributed by atoms with Crippen LogP contribution in [0.5, 0.6) is 0 Å². The maximum absolute atomic E-state index is 12.7. The Hall–Kier alpha value is -2.68. The Kier molecular flexibility index (Phi) is 4.84. The Morgan fingerprint density at radius 1 is 1.36 bits per heavy atom. The molecule has 0 aromatic carbocycles. The number of hydrogen-bond acceptors (Lipinski definition) is 7. The van der Waals surface area contributed by atoms with Crippen molar-refractivity contribution >= 4 is 22.4 Å². The van der Waals surface area contributed by atoms with E-state index in [1.54, 1.807) is 17.1 Å². The summed E-state index contributed by atoms with van der Waals surface area (Å²) in [5.74, 6) is 0.553. The molecular formula is C16H19N7OS. The van der Waals surface area contributed by atoms with Crippen molar-refractivity contribution in [1.29, 1.82) is 0 Å². The lowest BCUT2D eigenvalue weighted by Crippen LogP contribution is -2.18. The average Bonchev–Trinajstić information content (AvgIpc) is 3.22. The van der Waals surface area contributed by atoms with Gasteiger partial charge in [-0.2, -0.15) is 5.10 Å². The molecule has 0 atom stereocenters. The third-order valence-electron chi connectivity index (χ3n) is 3.55. The fraction of sp³-hybridized carbons (Fsp3) is 0.375. The van der Waals surface area contributed by atoms with Crippen molar-refractivity contribution in [3.05, 3.63) is 40.7 Å². The molecule has 8 nitrogen and oxygen atoms in total. The highest BCUT2D eigenvalue weighted by atomic mass is 32.1. The number of amides is 1. The Balaban J connectivity index is 1.99. The Morgan fingerprint density at radius 2 is 2.16 bits per heavy atom. The zero-order valence-electron chi connectivity index (χ0n) is 14.5. The molecule has 3 rings (SSSR count). The highest BCUT2D eigenvalue weighted by molar-refractivity contribution is 7.15. The van der Waals surface area contributed by atoms with Crippen LogP contribution in [0.3, 0.4) is 0 Å². The van der Waals surface area contributed by atoms with E-state index in [9.17, 15) is 4.79 Å². The average molecular weight is 357 g/mol. The first-order valence-corrected chi connectivity index (χ1v) is 8.83. The predicted molar refractivity (Wildman–Crippen MR) is 95.2 cm³/mol. The van der Waals surface area contributed by atoms with Crippen molar-refractivity contribution in [3.8, 4) is 5.69 Å². The van der Waals surface area contributed by atoms with Gasteiger partial charge in [-0.1, -0.05) is 32.1 Å². The summed E-state index contributed by atoms with van der Waals surface area (Å²) in [5, 5.41) is 16.6. The number of hydrogen-bond donors (Lipinski definition) is 1. The monoisotopic (exact) mass is 357 g/mol. The molecule has 0 aliphatic carbocycles. The molecule has 0 bridgehead atoms. The van der Waals surface area contributed by atoms with E-state index >= 15 is 0 Å². The van der Waals surface area contributed by atoms with Gasteiger partial charge in [0.1, 0.15) is 5.01 Å². The maximum atomic E-state index is 12.7. The van der Waals surface area contributed by atoms with Crippen molar-refractivity contribution in [2.45, 2.75) is 40.0 Å². The number of nitrogens with zero attached hydrogens (tertiary/aromatic N) is 6. The SMILES string of the molecule is CCc1nnc(NC(=O)c2nc(C(C)C)nn2-c2ccncc2C)s1. The molecule has 0 fully saturated rings. The first-order valence-electron chi connectivity index (χ1n) is 8.01. The lowest BCUT2D eigenvalue weighted by Gasteiger charge is -2.07. The summed E-state index contributed by atoms with van der Waals surface area (Å²) in [6, 6.07) is 1.81. The number of nitrogens with one attached hydrogen (secondary N) is 1. The minimum atomic E-state index is -0.366. The number of anilines is 1. The van der Waals surface area contributed by atoms with Gasteiger partial charge in [0.15, 0.2) is 5.82 Å². The van der Waals surface area contributed by atoms with Crippen LogP contribution in [-0.4, -0.2) is 35.9 Å². The summed E-state index contributed by atoms with van der Waals surface area (Å²) in [6.45, 7) is 7.88. The zero-order valence-corrected chi connectivity index (χ0v) is 15.3. The molecule has 3 heterocycles. The third-order valence-corrected chi connectivity index (χ3v) is 4.53. The molecule has 0 unspecified atom stereocenters. The van der Waals surface area contributed by atoms with Gasteiger partial charge in [0.25, 0.3) is 5.91 Å². The first kappa shape index (κ1) is 17.2. The first-order chi connectivity index (χ1) is 12.0. The van der Waals surface area contributed by atoms with E-state index in [4.69, 9.17) is 0 Å². The zero-order chi connectivity index (χ0) is 18.0. The van der Waals surface area contributed by atoms with Crippen LogP contribution >= 0.6 is 11.3 Å². The van der Waals surface area contributed by atoms with E-state index < -0.39 is 0 Å². The van der Waals surface area contributed by atoms with Gasteiger partial charge in [0.05, 0.1) is 5.69 Å². The van der Waals surface area contributed by atoms with Crippen molar-refractivity contribution in [2.75, 3.05) is 5.32 Å². The number of aryl methyl sites for hydroxylation is 2. The summed E-state index contributed by atoms with van der Waals surface area (Å²) in [5.41, 5.74) is 1.67. The molecule has 25 heavy (non-hydrogen) atoms. The van der Waals surface area contributed by atoms with Crippen LogP contribution in [0.4, 0.5) is 5.13 Å². The molecule has 0 saturated heterocycles. The van der Waals surface area contributed by atoms with Crippen LogP contribution in [0.15, 0.2) is 18.5 Å². The summed E-state index contributed by atoms with van der Waals surface area (Å²) >= 11 is 1.35. The van der Waals surface area contributed by atoms with Crippen LogP contribution in [0.2, 0.25) is 0 Å². The molecule has 9 heteroatoms. The highest BCUT2D eigenvalue weighted by Gasteiger charge is 2.22. The van der Waals surface area contributed by atoms with Gasteiger partial charge in [0.2, 0.25) is 11.0 Å².